The van der Waals surface area contributed by atoms with E-state index in [1.807, 2.05) is 0 Å². The van der Waals surface area contributed by atoms with Crippen molar-refractivity contribution in [3.05, 3.63) is 0 Å². The molecule has 0 aromatic carbocycles. The second kappa shape index (κ2) is 5.23. The molecule has 0 spiro atoms. The number of methoxy groups -OCH3 is 1. The molecule has 1 aliphatic heterocycles. The van der Waals surface area contributed by atoms with Crippen molar-refractivity contribution in [3.8, 4) is 0 Å². The summed E-state index contributed by atoms with van der Waals surface area (Å²) < 4.78 is 5.79. The Morgan fingerprint density at radius 3 is 2.47 bits per heavy atom. The average Bonchev–Trinajstić information content (AvgIpc) is 2.73. The maximum atomic E-state index is 11.9. The molecular weight excluding hydrogens is 240 g/mol. The van der Waals surface area contributed by atoms with Crippen LogP contribution in [-0.4, -0.2) is 30.5 Å². The Morgan fingerprint density at radius 2 is 1.95 bits per heavy atom. The van der Waals surface area contributed by atoms with Crippen LogP contribution >= 0.6 is 0 Å². The van der Waals surface area contributed by atoms with Gasteiger partial charge in [0.05, 0.1) is 0 Å². The molecule has 2 aliphatic rings. The third kappa shape index (κ3) is 2.83. The van der Waals surface area contributed by atoms with Gasteiger partial charge < -0.3 is 10.1 Å². The number of hydrogen-bond donors (Lipinski definition) is 1. The molecule has 4 heteroatoms. The summed E-state index contributed by atoms with van der Waals surface area (Å²) in [5.74, 6) is 0.812. The Kier molecular flexibility index (Phi) is 4.00. The fourth-order valence-electron chi connectivity index (χ4n) is 3.02. The Bertz CT molecular complexity index is 378. The summed E-state index contributed by atoms with van der Waals surface area (Å²) in [4.78, 5) is 16.5. The van der Waals surface area contributed by atoms with Crippen LogP contribution in [0.3, 0.4) is 0 Å². The molecule has 0 aromatic rings. The van der Waals surface area contributed by atoms with Crippen molar-refractivity contribution in [1.29, 1.82) is 0 Å². The fraction of sp³-hybridized carbons (Fsp3) is 0.867. The third-order valence-corrected chi connectivity index (χ3v) is 4.62. The van der Waals surface area contributed by atoms with E-state index in [-0.39, 0.29) is 17.6 Å². The molecule has 1 N–H and O–H groups in total. The maximum Gasteiger partial charge on any atom is 0.250 e. The van der Waals surface area contributed by atoms with Gasteiger partial charge in [-0.1, -0.05) is 27.2 Å². The number of amidine groups is 1. The Hall–Kier alpha value is -0.900. The molecule has 1 unspecified atom stereocenters. The topological polar surface area (TPSA) is 50.7 Å². The Labute approximate surface area is 116 Å². The number of carbonyl (C=O) groups is 1. The van der Waals surface area contributed by atoms with Crippen LogP contribution in [0.1, 0.15) is 59.3 Å². The second-order valence-electron chi connectivity index (χ2n) is 6.63. The minimum Gasteiger partial charge on any atom is -0.370 e. The first kappa shape index (κ1) is 14.5. The van der Waals surface area contributed by atoms with Crippen molar-refractivity contribution < 1.29 is 9.53 Å². The summed E-state index contributed by atoms with van der Waals surface area (Å²) in [6, 6.07) is -0.207. The Balaban J connectivity index is 2.15. The predicted molar refractivity (Wildman–Crippen MR) is 76.3 cm³/mol. The molecule has 1 fully saturated rings. The van der Waals surface area contributed by atoms with Crippen molar-refractivity contribution in [1.82, 2.24) is 5.32 Å². The number of ether oxygens (including phenoxy) is 1. The molecule has 0 bridgehead atoms. The fourth-order valence-corrected chi connectivity index (χ4v) is 3.02. The zero-order chi connectivity index (χ0) is 14.1. The first-order chi connectivity index (χ1) is 8.92. The number of rotatable bonds is 4. The highest BCUT2D eigenvalue weighted by atomic mass is 16.5. The van der Waals surface area contributed by atoms with Crippen molar-refractivity contribution >= 4 is 11.7 Å². The van der Waals surface area contributed by atoms with E-state index < -0.39 is 0 Å². The SMILES string of the molecule is CCCC1N=C(C2(OC)CCC(C)(C)CC2)NC1=O. The first-order valence-electron chi connectivity index (χ1n) is 7.37. The van der Waals surface area contributed by atoms with E-state index in [9.17, 15) is 4.79 Å². The zero-order valence-electron chi connectivity index (χ0n) is 12.6. The molecule has 0 saturated heterocycles. The van der Waals surface area contributed by atoms with Crippen LogP contribution in [0.15, 0.2) is 4.99 Å². The number of carbonyl (C=O) groups excluding carboxylic acids is 1. The number of nitrogens with zero attached hydrogens (tertiary/aromatic N) is 1. The van der Waals surface area contributed by atoms with Gasteiger partial charge in [0.15, 0.2) is 0 Å². The van der Waals surface area contributed by atoms with E-state index in [1.54, 1.807) is 7.11 Å². The average molecular weight is 266 g/mol. The first-order valence-corrected chi connectivity index (χ1v) is 7.37. The molecule has 19 heavy (non-hydrogen) atoms. The van der Waals surface area contributed by atoms with Gasteiger partial charge in [0.2, 0.25) is 5.91 Å². The maximum absolute atomic E-state index is 11.9. The molecule has 1 aliphatic carbocycles. The van der Waals surface area contributed by atoms with Crippen LogP contribution in [0.4, 0.5) is 0 Å². The number of aliphatic imine (C=N–C) groups is 1. The van der Waals surface area contributed by atoms with E-state index >= 15 is 0 Å². The molecule has 1 atom stereocenters. The highest BCUT2D eigenvalue weighted by molar-refractivity contribution is 6.09. The molecule has 108 valence electrons. The third-order valence-electron chi connectivity index (χ3n) is 4.62. The van der Waals surface area contributed by atoms with Gasteiger partial charge in [-0.3, -0.25) is 9.79 Å². The highest BCUT2D eigenvalue weighted by Crippen LogP contribution is 2.42. The van der Waals surface area contributed by atoms with E-state index in [4.69, 9.17) is 4.74 Å². The van der Waals surface area contributed by atoms with Crippen LogP contribution in [0.25, 0.3) is 0 Å². The predicted octanol–water partition coefficient (Wildman–Crippen LogP) is 2.67. The smallest absolute Gasteiger partial charge is 0.250 e. The van der Waals surface area contributed by atoms with Gasteiger partial charge in [-0.25, -0.2) is 0 Å². The summed E-state index contributed by atoms with van der Waals surface area (Å²) in [6.07, 6.45) is 5.88. The molecule has 0 radical (unpaired) electrons. The van der Waals surface area contributed by atoms with Crippen LogP contribution in [-0.2, 0) is 9.53 Å². The number of nitrogens with one attached hydrogen (secondary N) is 1. The standard InChI is InChI=1S/C15H26N2O2/c1-5-6-11-12(18)17-13(16-11)15(19-4)9-7-14(2,3)8-10-15/h11H,5-10H2,1-4H3,(H,16,17,18). The van der Waals surface area contributed by atoms with Crippen LogP contribution in [0, 0.1) is 5.41 Å². The summed E-state index contributed by atoms with van der Waals surface area (Å²) in [7, 11) is 1.74. The molecular formula is C15H26N2O2. The minimum atomic E-state index is -0.367. The molecule has 1 amide bonds. The lowest BCUT2D eigenvalue weighted by Crippen LogP contribution is -2.51. The lowest BCUT2D eigenvalue weighted by atomic mass is 9.70. The lowest BCUT2D eigenvalue weighted by Gasteiger charge is -2.42. The second-order valence-corrected chi connectivity index (χ2v) is 6.63. The monoisotopic (exact) mass is 266 g/mol. The van der Waals surface area contributed by atoms with E-state index in [2.05, 4.69) is 31.1 Å². The highest BCUT2D eigenvalue weighted by Gasteiger charge is 2.45. The molecule has 4 nitrogen and oxygen atoms in total. The largest absolute Gasteiger partial charge is 0.370 e. The van der Waals surface area contributed by atoms with Crippen molar-refractivity contribution in [3.63, 3.8) is 0 Å². The Morgan fingerprint density at radius 1 is 1.32 bits per heavy atom. The number of amides is 1. The van der Waals surface area contributed by atoms with Gasteiger partial charge in [0.1, 0.15) is 17.5 Å². The van der Waals surface area contributed by atoms with Gasteiger partial charge in [-0.15, -0.1) is 0 Å². The normalized spacial score (nSPS) is 28.9. The van der Waals surface area contributed by atoms with Crippen LogP contribution in [0.5, 0.6) is 0 Å². The molecule has 0 aromatic heterocycles. The zero-order valence-corrected chi connectivity index (χ0v) is 12.6. The van der Waals surface area contributed by atoms with E-state index in [1.165, 1.54) is 0 Å². The lowest BCUT2D eigenvalue weighted by molar-refractivity contribution is -0.120. The molecule has 1 heterocycles. The summed E-state index contributed by atoms with van der Waals surface area (Å²) >= 11 is 0. The van der Waals surface area contributed by atoms with Crippen LogP contribution in [0.2, 0.25) is 0 Å². The van der Waals surface area contributed by atoms with E-state index in [0.29, 0.717) is 5.41 Å². The van der Waals surface area contributed by atoms with Crippen molar-refractivity contribution in [2.45, 2.75) is 70.9 Å². The minimum absolute atomic E-state index is 0.0399. The summed E-state index contributed by atoms with van der Waals surface area (Å²) in [5, 5.41) is 2.96. The van der Waals surface area contributed by atoms with Gasteiger partial charge in [-0.05, 0) is 37.5 Å². The van der Waals surface area contributed by atoms with Crippen LogP contribution < -0.4 is 5.32 Å². The summed E-state index contributed by atoms with van der Waals surface area (Å²) in [6.45, 7) is 6.67. The number of hydrogen-bond acceptors (Lipinski definition) is 3. The van der Waals surface area contributed by atoms with Crippen molar-refractivity contribution in [2.75, 3.05) is 7.11 Å². The van der Waals surface area contributed by atoms with E-state index in [0.717, 1.165) is 44.4 Å². The van der Waals surface area contributed by atoms with Gasteiger partial charge in [0.25, 0.3) is 0 Å². The molecule has 1 saturated carbocycles. The summed E-state index contributed by atoms with van der Waals surface area (Å²) in [5.41, 5.74) is 0.00168. The van der Waals surface area contributed by atoms with Gasteiger partial charge >= 0.3 is 0 Å². The quantitative estimate of drug-likeness (QED) is 0.850. The van der Waals surface area contributed by atoms with Gasteiger partial charge in [0, 0.05) is 7.11 Å². The van der Waals surface area contributed by atoms with Crippen molar-refractivity contribution in [2.24, 2.45) is 10.4 Å². The molecule has 2 rings (SSSR count). The van der Waals surface area contributed by atoms with Gasteiger partial charge in [-0.2, -0.15) is 0 Å².